The van der Waals surface area contributed by atoms with Crippen molar-refractivity contribution in [3.05, 3.63) is 52.0 Å². The fraction of sp³-hybridized carbons (Fsp3) is 0.333. The van der Waals surface area contributed by atoms with E-state index in [0.717, 1.165) is 40.4 Å². The van der Waals surface area contributed by atoms with Crippen LogP contribution in [0.2, 0.25) is 0 Å². The summed E-state index contributed by atoms with van der Waals surface area (Å²) >= 11 is 3.55. The molecule has 0 saturated heterocycles. The molecule has 0 heterocycles. The van der Waals surface area contributed by atoms with Gasteiger partial charge in [-0.15, -0.1) is 0 Å². The molecule has 0 aliphatic rings. The zero-order chi connectivity index (χ0) is 16.7. The molecule has 0 radical (unpaired) electrons. The van der Waals surface area contributed by atoms with E-state index in [0.29, 0.717) is 6.61 Å². The van der Waals surface area contributed by atoms with Gasteiger partial charge in [0.05, 0.1) is 25.3 Å². The predicted molar refractivity (Wildman–Crippen MR) is 95.4 cm³/mol. The summed E-state index contributed by atoms with van der Waals surface area (Å²) in [5.41, 5.74) is 2.31. The second-order valence-corrected chi connectivity index (χ2v) is 5.85. The van der Waals surface area contributed by atoms with E-state index in [1.165, 1.54) is 5.56 Å². The van der Waals surface area contributed by atoms with Crippen LogP contribution in [0.3, 0.4) is 0 Å². The molecule has 4 nitrogen and oxygen atoms in total. The first kappa shape index (κ1) is 17.6. The van der Waals surface area contributed by atoms with Gasteiger partial charge in [0.15, 0.2) is 11.5 Å². The summed E-state index contributed by atoms with van der Waals surface area (Å²) in [6.45, 7) is 4.06. The number of nitrogens with one attached hydrogen (secondary N) is 1. The first-order chi connectivity index (χ1) is 11.2. The molecule has 0 aromatic heterocycles. The van der Waals surface area contributed by atoms with Crippen LogP contribution in [0.4, 0.5) is 0 Å². The minimum absolute atomic E-state index is 0.600. The van der Waals surface area contributed by atoms with Crippen molar-refractivity contribution < 1.29 is 14.2 Å². The zero-order valence-electron chi connectivity index (χ0n) is 13.7. The van der Waals surface area contributed by atoms with Crippen molar-refractivity contribution in [1.29, 1.82) is 0 Å². The standard InChI is InChI=1S/C18H22BrNO3/c1-4-23-18-16(19)9-14(10-17(18)22-3)12-20-11-13-6-5-7-15(8-13)21-2/h5-10,20H,4,11-12H2,1-3H3. The minimum Gasteiger partial charge on any atom is -0.497 e. The molecule has 23 heavy (non-hydrogen) atoms. The lowest BCUT2D eigenvalue weighted by Crippen LogP contribution is -2.13. The highest BCUT2D eigenvalue weighted by Gasteiger charge is 2.11. The molecule has 0 amide bonds. The monoisotopic (exact) mass is 379 g/mol. The van der Waals surface area contributed by atoms with Crippen LogP contribution >= 0.6 is 15.9 Å². The van der Waals surface area contributed by atoms with E-state index in [1.54, 1.807) is 14.2 Å². The number of methoxy groups -OCH3 is 2. The van der Waals surface area contributed by atoms with Crippen molar-refractivity contribution in [2.45, 2.75) is 20.0 Å². The average molecular weight is 380 g/mol. The van der Waals surface area contributed by atoms with Gasteiger partial charge in [0.1, 0.15) is 5.75 Å². The van der Waals surface area contributed by atoms with Crippen LogP contribution in [-0.2, 0) is 13.1 Å². The Kier molecular flexibility index (Phi) is 6.74. The molecule has 2 rings (SSSR count). The topological polar surface area (TPSA) is 39.7 Å². The maximum atomic E-state index is 5.61. The van der Waals surface area contributed by atoms with Gasteiger partial charge >= 0.3 is 0 Å². The van der Waals surface area contributed by atoms with E-state index >= 15 is 0 Å². The third-order valence-corrected chi connectivity index (χ3v) is 3.96. The van der Waals surface area contributed by atoms with Gasteiger partial charge < -0.3 is 19.5 Å². The summed E-state index contributed by atoms with van der Waals surface area (Å²) in [4.78, 5) is 0. The fourth-order valence-electron chi connectivity index (χ4n) is 2.29. The Morgan fingerprint density at radius 2 is 1.78 bits per heavy atom. The van der Waals surface area contributed by atoms with Crippen LogP contribution in [0.1, 0.15) is 18.1 Å². The van der Waals surface area contributed by atoms with Crippen LogP contribution in [0.15, 0.2) is 40.9 Å². The molecule has 1 N–H and O–H groups in total. The highest BCUT2D eigenvalue weighted by molar-refractivity contribution is 9.10. The van der Waals surface area contributed by atoms with Crippen LogP contribution < -0.4 is 19.5 Å². The zero-order valence-corrected chi connectivity index (χ0v) is 15.3. The average Bonchev–Trinajstić information content (AvgIpc) is 2.57. The molecule has 0 unspecified atom stereocenters. The Balaban J connectivity index is 2.01. The molecule has 0 bridgehead atoms. The second-order valence-electron chi connectivity index (χ2n) is 5.00. The molecule has 0 spiro atoms. The van der Waals surface area contributed by atoms with E-state index in [9.17, 15) is 0 Å². The molecular weight excluding hydrogens is 358 g/mol. The third-order valence-electron chi connectivity index (χ3n) is 3.37. The Morgan fingerprint density at radius 1 is 1.00 bits per heavy atom. The molecule has 2 aromatic carbocycles. The van der Waals surface area contributed by atoms with Gasteiger partial charge in [-0.2, -0.15) is 0 Å². The maximum Gasteiger partial charge on any atom is 0.175 e. The summed E-state index contributed by atoms with van der Waals surface area (Å²) in [6, 6.07) is 12.1. The maximum absolute atomic E-state index is 5.61. The van der Waals surface area contributed by atoms with Crippen LogP contribution in [0.25, 0.3) is 0 Å². The Bertz CT molecular complexity index is 646. The normalized spacial score (nSPS) is 10.4. The van der Waals surface area contributed by atoms with E-state index < -0.39 is 0 Å². The molecule has 5 heteroatoms. The second kappa shape index (κ2) is 8.79. The van der Waals surface area contributed by atoms with Crippen molar-refractivity contribution in [2.75, 3.05) is 20.8 Å². The van der Waals surface area contributed by atoms with Gasteiger partial charge in [0.25, 0.3) is 0 Å². The quantitative estimate of drug-likeness (QED) is 0.747. The highest BCUT2D eigenvalue weighted by atomic mass is 79.9. The Hall–Kier alpha value is -1.72. The summed E-state index contributed by atoms with van der Waals surface area (Å²) in [7, 11) is 3.33. The fourth-order valence-corrected chi connectivity index (χ4v) is 2.90. The summed E-state index contributed by atoms with van der Waals surface area (Å²) < 4.78 is 17.2. The van der Waals surface area contributed by atoms with Gasteiger partial charge in [-0.1, -0.05) is 12.1 Å². The van der Waals surface area contributed by atoms with Crippen molar-refractivity contribution >= 4 is 15.9 Å². The summed E-state index contributed by atoms with van der Waals surface area (Å²) in [5, 5.41) is 3.43. The SMILES string of the molecule is CCOc1c(Br)cc(CNCc2cccc(OC)c2)cc1OC. The predicted octanol–water partition coefficient (Wildman–Crippen LogP) is 4.15. The van der Waals surface area contributed by atoms with Gasteiger partial charge in [-0.25, -0.2) is 0 Å². The van der Waals surface area contributed by atoms with Crippen molar-refractivity contribution in [3.8, 4) is 17.2 Å². The van der Waals surface area contributed by atoms with Crippen LogP contribution in [0.5, 0.6) is 17.2 Å². The van der Waals surface area contributed by atoms with E-state index in [1.807, 2.05) is 37.3 Å². The molecule has 0 fully saturated rings. The molecule has 0 aliphatic heterocycles. The number of halogens is 1. The first-order valence-electron chi connectivity index (χ1n) is 7.50. The Labute approximate surface area is 145 Å². The molecule has 124 valence electrons. The molecular formula is C18H22BrNO3. The van der Waals surface area contributed by atoms with E-state index in [4.69, 9.17) is 14.2 Å². The molecule has 0 saturated carbocycles. The number of hydrogen-bond acceptors (Lipinski definition) is 4. The Morgan fingerprint density at radius 3 is 2.48 bits per heavy atom. The summed E-state index contributed by atoms with van der Waals surface area (Å²) in [6.07, 6.45) is 0. The first-order valence-corrected chi connectivity index (χ1v) is 8.30. The minimum atomic E-state index is 0.600. The van der Waals surface area contributed by atoms with Gasteiger partial charge in [-0.05, 0) is 58.2 Å². The lowest BCUT2D eigenvalue weighted by atomic mass is 10.1. The van der Waals surface area contributed by atoms with Crippen molar-refractivity contribution in [3.63, 3.8) is 0 Å². The smallest absolute Gasteiger partial charge is 0.175 e. The molecule has 2 aromatic rings. The van der Waals surface area contributed by atoms with Crippen LogP contribution in [0, 0.1) is 0 Å². The van der Waals surface area contributed by atoms with Gasteiger partial charge in [0.2, 0.25) is 0 Å². The molecule has 0 atom stereocenters. The number of rotatable bonds is 8. The van der Waals surface area contributed by atoms with Gasteiger partial charge in [-0.3, -0.25) is 0 Å². The van der Waals surface area contributed by atoms with Gasteiger partial charge in [0, 0.05) is 13.1 Å². The number of hydrogen-bond donors (Lipinski definition) is 1. The summed E-state index contributed by atoms with van der Waals surface area (Å²) in [5.74, 6) is 2.35. The van der Waals surface area contributed by atoms with Crippen molar-refractivity contribution in [2.24, 2.45) is 0 Å². The van der Waals surface area contributed by atoms with Crippen molar-refractivity contribution in [1.82, 2.24) is 5.32 Å². The van der Waals surface area contributed by atoms with E-state index in [-0.39, 0.29) is 0 Å². The third kappa shape index (κ3) is 4.88. The molecule has 0 aliphatic carbocycles. The lowest BCUT2D eigenvalue weighted by molar-refractivity contribution is 0.308. The number of ether oxygens (including phenoxy) is 3. The highest BCUT2D eigenvalue weighted by Crippen LogP contribution is 2.36. The largest absolute Gasteiger partial charge is 0.497 e. The lowest BCUT2D eigenvalue weighted by Gasteiger charge is -2.14. The van der Waals surface area contributed by atoms with Crippen LogP contribution in [-0.4, -0.2) is 20.8 Å². The van der Waals surface area contributed by atoms with E-state index in [2.05, 4.69) is 27.3 Å². The number of benzene rings is 2.